The zero-order chi connectivity index (χ0) is 34.1. The lowest BCUT2D eigenvalue weighted by atomic mass is 9.84. The molecule has 0 atom stereocenters. The highest BCUT2D eigenvalue weighted by atomic mass is 15.1. The normalized spacial score (nSPS) is 11.5. The Morgan fingerprint density at radius 3 is 0.696 bits per heavy atom. The highest BCUT2D eigenvalue weighted by Gasteiger charge is 2.26. The lowest BCUT2D eigenvalue weighted by Gasteiger charge is -2.23. The SMILES string of the molecule is Cc1nc(-c2c(C)c(C)c(-c3nnc(-c4c(C)c(C)c(-c5nc(C)c(C)c(C)n5)c(C)c4C)c(C)c3C)c(C)c2C)nc(C)c1C. The smallest absolute Gasteiger partial charge is 0.160 e. The summed E-state index contributed by atoms with van der Waals surface area (Å²) in [6.45, 7) is 34.3. The zero-order valence-corrected chi connectivity index (χ0v) is 30.7. The molecular formula is C40H48N6. The Hall–Kier alpha value is -4.32. The second-order valence-corrected chi connectivity index (χ2v) is 13.3. The van der Waals surface area contributed by atoms with Crippen molar-refractivity contribution in [3.05, 3.63) is 89.5 Å². The Morgan fingerprint density at radius 2 is 0.457 bits per heavy atom. The molecule has 5 rings (SSSR count). The third-order valence-electron chi connectivity index (χ3n) is 11.0. The predicted molar refractivity (Wildman–Crippen MR) is 191 cm³/mol. The molecule has 6 heteroatoms. The molecule has 0 saturated heterocycles. The number of hydrogen-bond acceptors (Lipinski definition) is 6. The standard InChI is InChI=1S/C40H48N6/c1-17-21(5)35(39-41-29(13)27(11)30(14)42-39)22(6)18(2)33(17)37-25(9)26(10)38(46-45-37)34-19(3)23(7)36(24(8)20(34)4)40-43-31(15)28(12)32(16)44-40/h1-16H3. The van der Waals surface area contributed by atoms with Crippen molar-refractivity contribution in [3.63, 3.8) is 0 Å². The van der Waals surface area contributed by atoms with E-state index in [1.54, 1.807) is 0 Å². The molecule has 238 valence electrons. The summed E-state index contributed by atoms with van der Waals surface area (Å²) in [5.41, 5.74) is 24.6. The minimum Gasteiger partial charge on any atom is -0.233 e. The fraction of sp³-hybridized carbons (Fsp3) is 0.400. The van der Waals surface area contributed by atoms with Gasteiger partial charge in [0.2, 0.25) is 0 Å². The van der Waals surface area contributed by atoms with Crippen LogP contribution >= 0.6 is 0 Å². The molecule has 0 N–H and O–H groups in total. The summed E-state index contributed by atoms with van der Waals surface area (Å²) in [5.74, 6) is 1.59. The molecule has 5 aromatic rings. The summed E-state index contributed by atoms with van der Waals surface area (Å²) in [5, 5.41) is 9.96. The summed E-state index contributed by atoms with van der Waals surface area (Å²) < 4.78 is 0. The van der Waals surface area contributed by atoms with E-state index >= 15 is 0 Å². The Morgan fingerprint density at radius 1 is 0.239 bits per heavy atom. The quantitative estimate of drug-likeness (QED) is 0.201. The summed E-state index contributed by atoms with van der Waals surface area (Å²) in [6, 6.07) is 0. The van der Waals surface area contributed by atoms with E-state index < -0.39 is 0 Å². The first-order valence-electron chi connectivity index (χ1n) is 16.2. The lowest BCUT2D eigenvalue weighted by Crippen LogP contribution is -2.09. The molecule has 3 aromatic heterocycles. The van der Waals surface area contributed by atoms with Crippen molar-refractivity contribution in [2.75, 3.05) is 0 Å². The van der Waals surface area contributed by atoms with Gasteiger partial charge >= 0.3 is 0 Å². The molecule has 0 aliphatic heterocycles. The molecule has 0 spiro atoms. The number of nitrogens with zero attached hydrogens (tertiary/aromatic N) is 6. The van der Waals surface area contributed by atoms with Gasteiger partial charge in [-0.25, -0.2) is 19.9 Å². The summed E-state index contributed by atoms with van der Waals surface area (Å²) in [7, 11) is 0. The van der Waals surface area contributed by atoms with Gasteiger partial charge in [-0.1, -0.05) is 0 Å². The number of rotatable bonds is 4. The van der Waals surface area contributed by atoms with Crippen LogP contribution in [0.15, 0.2) is 0 Å². The molecule has 0 fully saturated rings. The van der Waals surface area contributed by atoms with Gasteiger partial charge in [0.1, 0.15) is 0 Å². The van der Waals surface area contributed by atoms with Gasteiger partial charge in [0.05, 0.1) is 11.4 Å². The van der Waals surface area contributed by atoms with Crippen LogP contribution < -0.4 is 0 Å². The average molecular weight is 613 g/mol. The number of hydrogen-bond donors (Lipinski definition) is 0. The van der Waals surface area contributed by atoms with Crippen LogP contribution in [-0.2, 0) is 0 Å². The lowest BCUT2D eigenvalue weighted by molar-refractivity contribution is 0.993. The maximum absolute atomic E-state index is 4.98. The van der Waals surface area contributed by atoms with Gasteiger partial charge in [0.15, 0.2) is 11.6 Å². The first kappa shape index (κ1) is 33.1. The molecule has 0 aliphatic carbocycles. The second kappa shape index (κ2) is 11.8. The van der Waals surface area contributed by atoms with E-state index in [-0.39, 0.29) is 0 Å². The second-order valence-electron chi connectivity index (χ2n) is 13.3. The Bertz CT molecular complexity index is 1850. The van der Waals surface area contributed by atoms with Crippen LogP contribution in [0.25, 0.3) is 45.3 Å². The fourth-order valence-electron chi connectivity index (χ4n) is 6.85. The average Bonchev–Trinajstić information content (AvgIpc) is 3.00. The van der Waals surface area contributed by atoms with Gasteiger partial charge in [0.25, 0.3) is 0 Å². The van der Waals surface area contributed by atoms with Gasteiger partial charge in [-0.15, -0.1) is 10.2 Å². The van der Waals surface area contributed by atoms with E-state index in [2.05, 4.69) is 111 Å². The minimum atomic E-state index is 0.796. The number of aryl methyl sites for hydroxylation is 4. The number of benzene rings is 2. The Balaban J connectivity index is 1.69. The molecule has 6 nitrogen and oxygen atoms in total. The fourth-order valence-corrected chi connectivity index (χ4v) is 6.85. The van der Waals surface area contributed by atoms with Crippen LogP contribution in [0.3, 0.4) is 0 Å². The van der Waals surface area contributed by atoms with Crippen LogP contribution in [0, 0.1) is 111 Å². The highest BCUT2D eigenvalue weighted by molar-refractivity contribution is 5.84. The molecule has 0 amide bonds. The van der Waals surface area contributed by atoms with Gasteiger partial charge in [-0.3, -0.25) is 0 Å². The van der Waals surface area contributed by atoms with E-state index in [9.17, 15) is 0 Å². The van der Waals surface area contributed by atoms with E-state index in [1.807, 2.05) is 0 Å². The molecule has 0 unspecified atom stereocenters. The van der Waals surface area contributed by atoms with Crippen molar-refractivity contribution in [1.82, 2.24) is 30.1 Å². The predicted octanol–water partition coefficient (Wildman–Crippen LogP) is 9.66. The van der Waals surface area contributed by atoms with Crippen molar-refractivity contribution in [2.45, 2.75) is 111 Å². The maximum Gasteiger partial charge on any atom is 0.160 e. The third-order valence-corrected chi connectivity index (χ3v) is 11.0. The summed E-state index contributed by atoms with van der Waals surface area (Å²) in [4.78, 5) is 19.6. The molecule has 2 aromatic carbocycles. The monoisotopic (exact) mass is 612 g/mol. The third kappa shape index (κ3) is 5.03. The highest BCUT2D eigenvalue weighted by Crippen LogP contribution is 2.42. The molecule has 3 heterocycles. The molecule has 0 aliphatic rings. The molecule has 0 saturated carbocycles. The van der Waals surface area contributed by atoms with Crippen molar-refractivity contribution >= 4 is 0 Å². The minimum absolute atomic E-state index is 0.796. The number of aromatic nitrogens is 6. The Labute approximate surface area is 275 Å². The van der Waals surface area contributed by atoms with Gasteiger partial charge in [-0.05, 0) is 178 Å². The Kier molecular flexibility index (Phi) is 8.48. The van der Waals surface area contributed by atoms with Gasteiger partial charge < -0.3 is 0 Å². The van der Waals surface area contributed by atoms with Crippen LogP contribution in [0.1, 0.15) is 89.5 Å². The van der Waals surface area contributed by atoms with Crippen LogP contribution in [-0.4, -0.2) is 30.1 Å². The molecule has 0 radical (unpaired) electrons. The first-order valence-corrected chi connectivity index (χ1v) is 16.2. The maximum atomic E-state index is 4.98. The largest absolute Gasteiger partial charge is 0.233 e. The van der Waals surface area contributed by atoms with Gasteiger partial charge in [0, 0.05) is 45.0 Å². The van der Waals surface area contributed by atoms with Crippen LogP contribution in [0.2, 0.25) is 0 Å². The van der Waals surface area contributed by atoms with Crippen molar-refractivity contribution < 1.29 is 0 Å². The summed E-state index contributed by atoms with van der Waals surface area (Å²) >= 11 is 0. The molecule has 46 heavy (non-hydrogen) atoms. The van der Waals surface area contributed by atoms with Crippen molar-refractivity contribution in [1.29, 1.82) is 0 Å². The first-order chi connectivity index (χ1) is 21.5. The summed E-state index contributed by atoms with van der Waals surface area (Å²) in [6.07, 6.45) is 0. The van der Waals surface area contributed by atoms with E-state index in [1.165, 1.54) is 44.5 Å². The van der Waals surface area contributed by atoms with Crippen molar-refractivity contribution in [2.24, 2.45) is 0 Å². The molecular weight excluding hydrogens is 564 g/mol. The van der Waals surface area contributed by atoms with E-state index in [0.29, 0.717) is 0 Å². The van der Waals surface area contributed by atoms with Crippen molar-refractivity contribution in [3.8, 4) is 45.3 Å². The zero-order valence-electron chi connectivity index (χ0n) is 30.7. The van der Waals surface area contributed by atoms with E-state index in [4.69, 9.17) is 30.1 Å². The van der Waals surface area contributed by atoms with Crippen LogP contribution in [0.4, 0.5) is 0 Å². The van der Waals surface area contributed by atoms with Crippen LogP contribution in [0.5, 0.6) is 0 Å². The van der Waals surface area contributed by atoms with E-state index in [0.717, 1.165) is 90.3 Å². The molecule has 0 bridgehead atoms. The van der Waals surface area contributed by atoms with Gasteiger partial charge in [-0.2, -0.15) is 0 Å². The topological polar surface area (TPSA) is 77.3 Å².